The molecule has 15 heavy (non-hydrogen) atoms. The van der Waals surface area contributed by atoms with E-state index in [1.54, 1.807) is 19.6 Å². The molecule has 0 saturated carbocycles. The van der Waals surface area contributed by atoms with Gasteiger partial charge in [-0.25, -0.2) is 0 Å². The Hall–Kier alpha value is -0.840. The lowest BCUT2D eigenvalue weighted by Gasteiger charge is -2.21. The van der Waals surface area contributed by atoms with Crippen LogP contribution in [0.5, 0.6) is 0 Å². The van der Waals surface area contributed by atoms with Crippen LogP contribution in [-0.4, -0.2) is 31.5 Å². The molecular weight excluding hydrogens is 194 g/mol. The highest BCUT2D eigenvalue weighted by atomic mass is 16.5. The maximum absolute atomic E-state index is 8.89. The van der Waals surface area contributed by atoms with Crippen LogP contribution < -0.4 is 5.32 Å². The summed E-state index contributed by atoms with van der Waals surface area (Å²) in [5.74, 6) is 0. The average molecular weight is 213 g/mol. The highest BCUT2D eigenvalue weighted by Crippen LogP contribution is 2.13. The van der Waals surface area contributed by atoms with Crippen molar-refractivity contribution in [2.75, 3.05) is 20.3 Å². The lowest BCUT2D eigenvalue weighted by Crippen LogP contribution is -2.35. The molecule has 0 bridgehead atoms. The summed E-state index contributed by atoms with van der Waals surface area (Å²) in [4.78, 5) is 0. The molecule has 0 aliphatic rings. The van der Waals surface area contributed by atoms with Crippen molar-refractivity contribution in [1.82, 2.24) is 5.32 Å². The van der Waals surface area contributed by atoms with Gasteiger partial charge in [-0.2, -0.15) is 0 Å². The zero-order chi connectivity index (χ0) is 11.1. The van der Waals surface area contributed by atoms with Crippen LogP contribution in [0, 0.1) is 0 Å². The van der Waals surface area contributed by atoms with E-state index in [2.05, 4.69) is 12.2 Å². The largest absolute Gasteiger partial charge is 0.472 e. The standard InChI is InChI=1S/C11H19NO3/c1-9(10-4-6-15-7-10)12-11(3-5-13)8-14-2/h4,6-7,9,11-13H,3,5,8H2,1-2H3. The smallest absolute Gasteiger partial charge is 0.0950 e. The van der Waals surface area contributed by atoms with Crippen LogP contribution in [0.4, 0.5) is 0 Å². The van der Waals surface area contributed by atoms with Crippen molar-refractivity contribution in [2.45, 2.75) is 25.4 Å². The van der Waals surface area contributed by atoms with Gasteiger partial charge in [0.05, 0.1) is 19.1 Å². The van der Waals surface area contributed by atoms with Gasteiger partial charge >= 0.3 is 0 Å². The number of aliphatic hydroxyl groups is 1. The third-order valence-corrected chi connectivity index (χ3v) is 2.37. The van der Waals surface area contributed by atoms with Gasteiger partial charge in [0.15, 0.2) is 0 Å². The van der Waals surface area contributed by atoms with E-state index in [1.807, 2.05) is 6.07 Å². The van der Waals surface area contributed by atoms with Crippen LogP contribution >= 0.6 is 0 Å². The van der Waals surface area contributed by atoms with E-state index in [-0.39, 0.29) is 18.7 Å². The molecule has 0 amide bonds. The first kappa shape index (κ1) is 12.2. The normalized spacial score (nSPS) is 15.1. The Morgan fingerprint density at radius 3 is 2.93 bits per heavy atom. The fraction of sp³-hybridized carbons (Fsp3) is 0.636. The van der Waals surface area contributed by atoms with Gasteiger partial charge in [-0.3, -0.25) is 0 Å². The predicted octanol–water partition coefficient (Wildman–Crippen LogP) is 1.33. The van der Waals surface area contributed by atoms with Crippen LogP contribution in [-0.2, 0) is 4.74 Å². The summed E-state index contributed by atoms with van der Waals surface area (Å²) in [5, 5.41) is 12.3. The molecule has 0 spiro atoms. The van der Waals surface area contributed by atoms with E-state index in [4.69, 9.17) is 14.3 Å². The van der Waals surface area contributed by atoms with Crippen molar-refractivity contribution < 1.29 is 14.3 Å². The minimum Gasteiger partial charge on any atom is -0.472 e. The Morgan fingerprint density at radius 2 is 2.40 bits per heavy atom. The molecule has 2 atom stereocenters. The number of rotatable bonds is 7. The van der Waals surface area contributed by atoms with E-state index in [0.29, 0.717) is 13.0 Å². The van der Waals surface area contributed by atoms with Gasteiger partial charge in [0, 0.05) is 31.4 Å². The number of ether oxygens (including phenoxy) is 1. The Morgan fingerprint density at radius 1 is 1.60 bits per heavy atom. The minimum atomic E-state index is 0.166. The third kappa shape index (κ3) is 4.03. The van der Waals surface area contributed by atoms with E-state index >= 15 is 0 Å². The van der Waals surface area contributed by atoms with Crippen LogP contribution in [0.15, 0.2) is 23.0 Å². The second-order valence-electron chi connectivity index (χ2n) is 3.61. The third-order valence-electron chi connectivity index (χ3n) is 2.37. The van der Waals surface area contributed by atoms with Crippen LogP contribution in [0.25, 0.3) is 0 Å². The van der Waals surface area contributed by atoms with Crippen molar-refractivity contribution in [3.05, 3.63) is 24.2 Å². The van der Waals surface area contributed by atoms with Gasteiger partial charge in [-0.1, -0.05) is 0 Å². The molecule has 0 aliphatic heterocycles. The van der Waals surface area contributed by atoms with E-state index in [1.165, 1.54) is 0 Å². The van der Waals surface area contributed by atoms with Gasteiger partial charge in [-0.15, -0.1) is 0 Å². The number of hydrogen-bond acceptors (Lipinski definition) is 4. The SMILES string of the molecule is COCC(CCO)NC(C)c1ccoc1. The van der Waals surface area contributed by atoms with Gasteiger partial charge in [-0.05, 0) is 19.4 Å². The number of nitrogens with one attached hydrogen (secondary N) is 1. The minimum absolute atomic E-state index is 0.166. The molecule has 4 heteroatoms. The summed E-state index contributed by atoms with van der Waals surface area (Å²) in [6.07, 6.45) is 4.07. The Labute approximate surface area is 90.2 Å². The summed E-state index contributed by atoms with van der Waals surface area (Å²) in [5.41, 5.74) is 1.11. The maximum atomic E-state index is 8.89. The average Bonchev–Trinajstić information content (AvgIpc) is 2.71. The number of methoxy groups -OCH3 is 1. The van der Waals surface area contributed by atoms with Gasteiger partial charge in [0.2, 0.25) is 0 Å². The molecule has 2 N–H and O–H groups in total. The number of aliphatic hydroxyl groups excluding tert-OH is 1. The summed E-state index contributed by atoms with van der Waals surface area (Å²) >= 11 is 0. The molecule has 0 saturated heterocycles. The highest BCUT2D eigenvalue weighted by Gasteiger charge is 2.13. The Balaban J connectivity index is 2.43. The first-order chi connectivity index (χ1) is 7.27. The molecule has 1 aromatic heterocycles. The fourth-order valence-electron chi connectivity index (χ4n) is 1.54. The summed E-state index contributed by atoms with van der Waals surface area (Å²) in [7, 11) is 1.66. The predicted molar refractivity (Wildman–Crippen MR) is 57.6 cm³/mol. The van der Waals surface area contributed by atoms with Crippen LogP contribution in [0.1, 0.15) is 24.9 Å². The summed E-state index contributed by atoms with van der Waals surface area (Å²) in [6, 6.07) is 2.31. The quantitative estimate of drug-likeness (QED) is 0.717. The summed E-state index contributed by atoms with van der Waals surface area (Å²) in [6.45, 7) is 2.83. The molecule has 86 valence electrons. The zero-order valence-electron chi connectivity index (χ0n) is 9.27. The molecule has 2 unspecified atom stereocenters. The highest BCUT2D eigenvalue weighted by molar-refractivity contribution is 5.10. The molecule has 0 aromatic carbocycles. The second-order valence-corrected chi connectivity index (χ2v) is 3.61. The fourth-order valence-corrected chi connectivity index (χ4v) is 1.54. The Bertz CT molecular complexity index is 242. The van der Waals surface area contributed by atoms with Gasteiger partial charge in [0.1, 0.15) is 0 Å². The molecular formula is C11H19NO3. The second kappa shape index (κ2) is 6.61. The first-order valence-corrected chi connectivity index (χ1v) is 5.16. The summed E-state index contributed by atoms with van der Waals surface area (Å²) < 4.78 is 10.1. The molecule has 0 fully saturated rings. The Kier molecular flexibility index (Phi) is 5.39. The van der Waals surface area contributed by atoms with Crippen molar-refractivity contribution in [3.8, 4) is 0 Å². The van der Waals surface area contributed by atoms with Crippen molar-refractivity contribution >= 4 is 0 Å². The molecule has 1 heterocycles. The van der Waals surface area contributed by atoms with Crippen molar-refractivity contribution in [1.29, 1.82) is 0 Å². The molecule has 0 aliphatic carbocycles. The number of furan rings is 1. The maximum Gasteiger partial charge on any atom is 0.0950 e. The topological polar surface area (TPSA) is 54.6 Å². The molecule has 1 rings (SSSR count). The van der Waals surface area contributed by atoms with Crippen LogP contribution in [0.3, 0.4) is 0 Å². The monoisotopic (exact) mass is 213 g/mol. The van der Waals surface area contributed by atoms with E-state index in [0.717, 1.165) is 5.56 Å². The molecule has 4 nitrogen and oxygen atoms in total. The first-order valence-electron chi connectivity index (χ1n) is 5.16. The van der Waals surface area contributed by atoms with E-state index in [9.17, 15) is 0 Å². The molecule has 0 radical (unpaired) electrons. The lowest BCUT2D eigenvalue weighted by atomic mass is 10.1. The van der Waals surface area contributed by atoms with Crippen LogP contribution in [0.2, 0.25) is 0 Å². The van der Waals surface area contributed by atoms with Gasteiger partial charge in [0.25, 0.3) is 0 Å². The lowest BCUT2D eigenvalue weighted by molar-refractivity contribution is 0.143. The van der Waals surface area contributed by atoms with E-state index < -0.39 is 0 Å². The zero-order valence-corrected chi connectivity index (χ0v) is 9.27. The van der Waals surface area contributed by atoms with Gasteiger partial charge < -0.3 is 19.6 Å². The number of hydrogen-bond donors (Lipinski definition) is 2. The van der Waals surface area contributed by atoms with Crippen molar-refractivity contribution in [2.24, 2.45) is 0 Å². The molecule has 1 aromatic rings. The van der Waals surface area contributed by atoms with Crippen molar-refractivity contribution in [3.63, 3.8) is 0 Å².